The van der Waals surface area contributed by atoms with Crippen LogP contribution in [-0.2, 0) is 0 Å². The van der Waals surface area contributed by atoms with Gasteiger partial charge in [-0.2, -0.15) is 0 Å². The molecule has 0 aliphatic rings. The zero-order chi connectivity index (χ0) is 20.1. The SMILES string of the molecule is CC(=O)c1cccc(NC(=O)c2cc(C(=O)Nc3ccc(Cl)cc3)ccn2)c1. The smallest absolute Gasteiger partial charge is 0.274 e. The summed E-state index contributed by atoms with van der Waals surface area (Å²) in [5, 5.41) is 5.97. The van der Waals surface area contributed by atoms with Crippen LogP contribution in [0.1, 0.15) is 38.1 Å². The van der Waals surface area contributed by atoms with Crippen molar-refractivity contribution in [2.24, 2.45) is 0 Å². The van der Waals surface area contributed by atoms with E-state index in [4.69, 9.17) is 11.6 Å². The van der Waals surface area contributed by atoms with Gasteiger partial charge in [-0.1, -0.05) is 23.7 Å². The maximum Gasteiger partial charge on any atom is 0.274 e. The second kappa shape index (κ2) is 8.45. The van der Waals surface area contributed by atoms with Crippen molar-refractivity contribution in [1.82, 2.24) is 4.98 Å². The molecule has 0 bridgehead atoms. The Morgan fingerprint density at radius 1 is 0.821 bits per heavy atom. The van der Waals surface area contributed by atoms with Gasteiger partial charge in [0.1, 0.15) is 5.69 Å². The van der Waals surface area contributed by atoms with Crippen molar-refractivity contribution < 1.29 is 14.4 Å². The van der Waals surface area contributed by atoms with Crippen LogP contribution in [0.15, 0.2) is 66.9 Å². The molecule has 0 aliphatic heterocycles. The molecular formula is C21H16ClN3O3. The van der Waals surface area contributed by atoms with Crippen LogP contribution in [0.25, 0.3) is 0 Å². The van der Waals surface area contributed by atoms with Gasteiger partial charge in [-0.25, -0.2) is 0 Å². The molecule has 0 radical (unpaired) electrons. The van der Waals surface area contributed by atoms with Gasteiger partial charge < -0.3 is 10.6 Å². The highest BCUT2D eigenvalue weighted by Gasteiger charge is 2.13. The number of amides is 2. The molecule has 3 aromatic rings. The van der Waals surface area contributed by atoms with Crippen molar-refractivity contribution in [2.75, 3.05) is 10.6 Å². The highest BCUT2D eigenvalue weighted by atomic mass is 35.5. The summed E-state index contributed by atoms with van der Waals surface area (Å²) in [5.41, 5.74) is 1.90. The average Bonchev–Trinajstić information content (AvgIpc) is 2.70. The minimum Gasteiger partial charge on any atom is -0.322 e. The largest absolute Gasteiger partial charge is 0.322 e. The summed E-state index contributed by atoms with van der Waals surface area (Å²) < 4.78 is 0. The number of rotatable bonds is 5. The van der Waals surface area contributed by atoms with Crippen LogP contribution in [0, 0.1) is 0 Å². The molecule has 0 fully saturated rings. The minimum atomic E-state index is -0.484. The van der Waals surface area contributed by atoms with E-state index in [0.29, 0.717) is 22.0 Å². The van der Waals surface area contributed by atoms with Gasteiger partial charge >= 0.3 is 0 Å². The number of aromatic nitrogens is 1. The summed E-state index contributed by atoms with van der Waals surface area (Å²) in [6.07, 6.45) is 1.39. The van der Waals surface area contributed by atoms with Gasteiger partial charge in [0.05, 0.1) is 0 Å². The molecule has 0 unspecified atom stereocenters. The van der Waals surface area contributed by atoms with Crippen molar-refractivity contribution in [3.05, 3.63) is 88.7 Å². The summed E-state index contributed by atoms with van der Waals surface area (Å²) in [6, 6.07) is 16.2. The fourth-order valence-electron chi connectivity index (χ4n) is 2.44. The van der Waals surface area contributed by atoms with Crippen molar-refractivity contribution in [1.29, 1.82) is 0 Å². The van der Waals surface area contributed by atoms with Crippen molar-refractivity contribution in [3.8, 4) is 0 Å². The Bertz CT molecular complexity index is 1050. The Morgan fingerprint density at radius 3 is 2.25 bits per heavy atom. The molecule has 3 rings (SSSR count). The molecule has 2 aromatic carbocycles. The van der Waals surface area contributed by atoms with Crippen LogP contribution in [-0.4, -0.2) is 22.6 Å². The first-order valence-corrected chi connectivity index (χ1v) is 8.75. The number of ketones is 1. The Hall–Kier alpha value is -3.51. The zero-order valence-electron chi connectivity index (χ0n) is 14.9. The van der Waals surface area contributed by atoms with E-state index in [0.717, 1.165) is 0 Å². The van der Waals surface area contributed by atoms with Gasteiger partial charge in [-0.3, -0.25) is 19.4 Å². The number of nitrogens with one attached hydrogen (secondary N) is 2. The number of pyridine rings is 1. The van der Waals surface area contributed by atoms with Crippen LogP contribution in [0.4, 0.5) is 11.4 Å². The van der Waals surface area contributed by atoms with E-state index in [-0.39, 0.29) is 22.9 Å². The molecule has 0 saturated heterocycles. The third kappa shape index (κ3) is 4.81. The van der Waals surface area contributed by atoms with Crippen LogP contribution < -0.4 is 10.6 Å². The van der Waals surface area contributed by atoms with Crippen LogP contribution in [0.2, 0.25) is 5.02 Å². The van der Waals surface area contributed by atoms with Crippen LogP contribution in [0.5, 0.6) is 0 Å². The lowest BCUT2D eigenvalue weighted by Gasteiger charge is -2.08. The third-order valence-electron chi connectivity index (χ3n) is 3.88. The molecule has 2 amide bonds. The quantitative estimate of drug-likeness (QED) is 0.627. The first-order chi connectivity index (χ1) is 13.4. The fourth-order valence-corrected chi connectivity index (χ4v) is 2.57. The number of anilines is 2. The normalized spacial score (nSPS) is 10.2. The average molecular weight is 394 g/mol. The van der Waals surface area contributed by atoms with Crippen molar-refractivity contribution in [2.45, 2.75) is 6.92 Å². The monoisotopic (exact) mass is 393 g/mol. The highest BCUT2D eigenvalue weighted by Crippen LogP contribution is 2.16. The first kappa shape index (κ1) is 19.3. The molecule has 0 atom stereocenters. The van der Waals surface area contributed by atoms with E-state index in [1.54, 1.807) is 48.5 Å². The lowest BCUT2D eigenvalue weighted by atomic mass is 10.1. The molecule has 0 aliphatic carbocycles. The van der Waals surface area contributed by atoms with Crippen molar-refractivity contribution in [3.63, 3.8) is 0 Å². The maximum absolute atomic E-state index is 12.5. The van der Waals surface area contributed by atoms with Gasteiger partial charge in [0, 0.05) is 33.7 Å². The number of hydrogen-bond donors (Lipinski definition) is 2. The topological polar surface area (TPSA) is 88.2 Å². The second-order valence-electron chi connectivity index (χ2n) is 5.98. The van der Waals surface area contributed by atoms with Crippen molar-refractivity contribution >= 4 is 40.6 Å². The summed E-state index contributed by atoms with van der Waals surface area (Å²) >= 11 is 5.83. The number of hydrogen-bond acceptors (Lipinski definition) is 4. The van der Waals surface area contributed by atoms with E-state index in [1.165, 1.54) is 25.3 Å². The number of carbonyl (C=O) groups excluding carboxylic acids is 3. The van der Waals surface area contributed by atoms with E-state index in [1.807, 2.05) is 0 Å². The molecule has 2 N–H and O–H groups in total. The molecule has 0 spiro atoms. The van der Waals surface area contributed by atoms with Gasteiger partial charge in [-0.05, 0) is 55.5 Å². The summed E-state index contributed by atoms with van der Waals surface area (Å²) in [6.45, 7) is 1.45. The van der Waals surface area contributed by atoms with Gasteiger partial charge in [0.15, 0.2) is 5.78 Å². The van der Waals surface area contributed by atoms with Crippen LogP contribution >= 0.6 is 11.6 Å². The zero-order valence-corrected chi connectivity index (χ0v) is 15.7. The highest BCUT2D eigenvalue weighted by molar-refractivity contribution is 6.30. The lowest BCUT2D eigenvalue weighted by Crippen LogP contribution is -2.17. The summed E-state index contributed by atoms with van der Waals surface area (Å²) in [4.78, 5) is 40.4. The Kier molecular flexibility index (Phi) is 5.81. The predicted octanol–water partition coefficient (Wildman–Crippen LogP) is 4.44. The molecule has 140 valence electrons. The minimum absolute atomic E-state index is 0.0805. The number of nitrogens with zero attached hydrogens (tertiary/aromatic N) is 1. The molecule has 0 saturated carbocycles. The van der Waals surface area contributed by atoms with E-state index < -0.39 is 5.91 Å². The molecule has 7 heteroatoms. The lowest BCUT2D eigenvalue weighted by molar-refractivity contribution is 0.100. The number of Topliss-reactive ketones (excluding diaryl/α,β-unsaturated/α-hetero) is 1. The number of benzene rings is 2. The summed E-state index contributed by atoms with van der Waals surface area (Å²) in [5.74, 6) is -0.964. The predicted molar refractivity (Wildman–Crippen MR) is 108 cm³/mol. The second-order valence-corrected chi connectivity index (χ2v) is 6.42. The number of halogens is 1. The van der Waals surface area contributed by atoms with Gasteiger partial charge in [0.2, 0.25) is 0 Å². The molecule has 28 heavy (non-hydrogen) atoms. The summed E-state index contributed by atoms with van der Waals surface area (Å²) in [7, 11) is 0. The molecule has 1 aromatic heterocycles. The molecular weight excluding hydrogens is 378 g/mol. The van der Waals surface area contributed by atoms with Gasteiger partial charge in [-0.15, -0.1) is 0 Å². The standard InChI is InChI=1S/C21H16ClN3O3/c1-13(26)14-3-2-4-18(11-14)25-21(28)19-12-15(9-10-23-19)20(27)24-17-7-5-16(22)6-8-17/h2-12H,1H3,(H,24,27)(H,25,28). The Balaban J connectivity index is 1.74. The van der Waals surface area contributed by atoms with Crippen LogP contribution in [0.3, 0.4) is 0 Å². The fraction of sp³-hybridized carbons (Fsp3) is 0.0476. The molecule has 1 heterocycles. The molecule has 6 nitrogen and oxygen atoms in total. The number of carbonyl (C=O) groups is 3. The van der Waals surface area contributed by atoms with E-state index in [9.17, 15) is 14.4 Å². The third-order valence-corrected chi connectivity index (χ3v) is 4.14. The van der Waals surface area contributed by atoms with E-state index >= 15 is 0 Å². The maximum atomic E-state index is 12.5. The first-order valence-electron chi connectivity index (χ1n) is 8.38. The Labute approximate surface area is 166 Å². The van der Waals surface area contributed by atoms with E-state index in [2.05, 4.69) is 15.6 Å². The Morgan fingerprint density at radius 2 is 1.54 bits per heavy atom. The van der Waals surface area contributed by atoms with Gasteiger partial charge in [0.25, 0.3) is 11.8 Å².